The van der Waals surface area contributed by atoms with Crippen LogP contribution in [-0.2, 0) is 17.8 Å². The Bertz CT molecular complexity index is 1030. The van der Waals surface area contributed by atoms with Gasteiger partial charge in [0.05, 0.1) is 21.6 Å². The molecule has 0 spiro atoms. The Morgan fingerprint density at radius 3 is 2.48 bits per heavy atom. The number of nitrogens with zero attached hydrogens (tertiary/aromatic N) is 2. The topological polar surface area (TPSA) is 90.9 Å². The van der Waals surface area contributed by atoms with Crippen molar-refractivity contribution in [1.29, 1.82) is 0 Å². The molecule has 2 heterocycles. The molecule has 0 aliphatic heterocycles. The van der Waals surface area contributed by atoms with E-state index in [4.69, 9.17) is 9.90 Å². The van der Waals surface area contributed by atoms with Crippen molar-refractivity contribution < 1.29 is 23.1 Å². The Morgan fingerprint density at radius 1 is 1.10 bits per heavy atom. The van der Waals surface area contributed by atoms with Crippen LogP contribution in [0.5, 0.6) is 0 Å². The zero-order chi connectivity index (χ0) is 20.9. The summed E-state index contributed by atoms with van der Waals surface area (Å²) in [6.07, 6.45) is -4.14. The van der Waals surface area contributed by atoms with Crippen molar-refractivity contribution in [3.05, 3.63) is 59.9 Å². The second-order valence-corrected chi connectivity index (χ2v) is 6.88. The lowest BCUT2D eigenvalue weighted by Gasteiger charge is -2.02. The number of carboxylic acids is 1. The fraction of sp³-hybridized carbons (Fsp3) is 0.211. The number of carboxylic acid groups (broad SMARTS) is 1. The summed E-state index contributed by atoms with van der Waals surface area (Å²) in [5, 5.41) is 20.5. The van der Waals surface area contributed by atoms with Crippen LogP contribution in [0.15, 0.2) is 48.5 Å². The smallest absolute Gasteiger partial charge is 0.475 e. The van der Waals surface area contributed by atoms with E-state index < -0.39 is 12.1 Å². The third kappa shape index (κ3) is 5.30. The molecule has 0 aliphatic rings. The maximum atomic E-state index is 10.6. The zero-order valence-electron chi connectivity index (χ0n) is 15.0. The van der Waals surface area contributed by atoms with E-state index in [1.165, 1.54) is 21.2 Å². The number of hydrogen-bond acceptors (Lipinski definition) is 5. The van der Waals surface area contributed by atoms with Gasteiger partial charge in [0.2, 0.25) is 0 Å². The molecule has 4 aromatic rings. The lowest BCUT2D eigenvalue weighted by molar-refractivity contribution is -0.192. The number of H-pyrrole nitrogens is 1. The molecule has 6 nitrogen and oxygen atoms in total. The van der Waals surface area contributed by atoms with Gasteiger partial charge < -0.3 is 10.4 Å². The van der Waals surface area contributed by atoms with Crippen molar-refractivity contribution in [2.24, 2.45) is 0 Å². The molecule has 10 heteroatoms. The quantitative estimate of drug-likeness (QED) is 0.421. The minimum Gasteiger partial charge on any atom is -0.475 e. The van der Waals surface area contributed by atoms with Crippen molar-refractivity contribution in [2.75, 3.05) is 6.54 Å². The number of aromatic amines is 1. The third-order valence-corrected chi connectivity index (χ3v) is 4.94. The van der Waals surface area contributed by atoms with Crippen LogP contribution < -0.4 is 5.32 Å². The zero-order valence-corrected chi connectivity index (χ0v) is 15.8. The highest BCUT2D eigenvalue weighted by Crippen LogP contribution is 2.22. The second-order valence-electron chi connectivity index (χ2n) is 6.07. The lowest BCUT2D eigenvalue weighted by atomic mass is 10.2. The third-order valence-electron chi connectivity index (χ3n) is 4.08. The number of halogens is 3. The molecule has 0 saturated carbocycles. The molecule has 0 radical (unpaired) electrons. The van der Waals surface area contributed by atoms with E-state index in [-0.39, 0.29) is 0 Å². The number of nitrogens with one attached hydrogen (secondary N) is 2. The lowest BCUT2D eigenvalue weighted by Crippen LogP contribution is -2.21. The van der Waals surface area contributed by atoms with E-state index >= 15 is 0 Å². The van der Waals surface area contributed by atoms with Gasteiger partial charge >= 0.3 is 12.1 Å². The van der Waals surface area contributed by atoms with Crippen LogP contribution in [0.1, 0.15) is 11.4 Å². The molecular formula is C19H17F3N4O2S. The summed E-state index contributed by atoms with van der Waals surface area (Å²) in [5.74, 6) is -2.76. The van der Waals surface area contributed by atoms with Gasteiger partial charge in [-0.2, -0.15) is 22.6 Å². The van der Waals surface area contributed by atoms with E-state index in [1.54, 1.807) is 11.5 Å². The molecule has 0 saturated heterocycles. The summed E-state index contributed by atoms with van der Waals surface area (Å²) in [6.45, 7) is 1.70. The van der Waals surface area contributed by atoms with Gasteiger partial charge in [-0.1, -0.05) is 36.4 Å². The van der Waals surface area contributed by atoms with Crippen molar-refractivity contribution in [3.8, 4) is 0 Å². The van der Waals surface area contributed by atoms with Crippen molar-refractivity contribution in [1.82, 2.24) is 19.9 Å². The van der Waals surface area contributed by atoms with Gasteiger partial charge in [0, 0.05) is 30.3 Å². The van der Waals surface area contributed by atoms with E-state index in [0.717, 1.165) is 30.7 Å². The minimum atomic E-state index is -5.08. The number of benzene rings is 2. The van der Waals surface area contributed by atoms with E-state index in [1.807, 2.05) is 18.2 Å². The largest absolute Gasteiger partial charge is 0.490 e. The van der Waals surface area contributed by atoms with Crippen LogP contribution in [0.2, 0.25) is 0 Å². The predicted octanol–water partition coefficient (Wildman–Crippen LogP) is 4.14. The Balaban J connectivity index is 0.000000298. The molecule has 29 heavy (non-hydrogen) atoms. The van der Waals surface area contributed by atoms with Crippen molar-refractivity contribution in [2.45, 2.75) is 19.1 Å². The van der Waals surface area contributed by atoms with Crippen LogP contribution in [0.4, 0.5) is 13.2 Å². The molecule has 152 valence electrons. The van der Waals surface area contributed by atoms with Crippen LogP contribution >= 0.6 is 11.5 Å². The maximum Gasteiger partial charge on any atom is 0.490 e. The summed E-state index contributed by atoms with van der Waals surface area (Å²) in [6, 6.07) is 16.6. The van der Waals surface area contributed by atoms with Crippen LogP contribution in [0.3, 0.4) is 0 Å². The Labute approximate surface area is 167 Å². The highest BCUT2D eigenvalue weighted by Gasteiger charge is 2.38. The molecule has 0 amide bonds. The van der Waals surface area contributed by atoms with E-state index in [2.05, 4.69) is 50.2 Å². The summed E-state index contributed by atoms with van der Waals surface area (Å²) in [7, 11) is 0. The van der Waals surface area contributed by atoms with Gasteiger partial charge in [0.25, 0.3) is 0 Å². The molecule has 0 aliphatic carbocycles. The van der Waals surface area contributed by atoms with Crippen LogP contribution in [0.25, 0.3) is 21.0 Å². The molecule has 0 atom stereocenters. The monoisotopic (exact) mass is 422 g/mol. The first-order chi connectivity index (χ1) is 13.9. The molecular weight excluding hydrogens is 405 g/mol. The Hall–Kier alpha value is -2.98. The highest BCUT2D eigenvalue weighted by molar-refractivity contribution is 7.13. The van der Waals surface area contributed by atoms with Gasteiger partial charge in [-0.3, -0.25) is 5.10 Å². The van der Waals surface area contributed by atoms with Gasteiger partial charge in [-0.05, 0) is 23.7 Å². The molecule has 0 bridgehead atoms. The van der Waals surface area contributed by atoms with E-state index in [0.29, 0.717) is 0 Å². The number of para-hydroxylation sites is 1. The summed E-state index contributed by atoms with van der Waals surface area (Å²) in [5.41, 5.74) is 3.34. The SMILES string of the molecule is O=C(O)C(F)(F)F.c1ccc2c(CNCCc3nsc4ccccc34)[nH]nc2c1. The summed E-state index contributed by atoms with van der Waals surface area (Å²) >= 11 is 1.58. The fourth-order valence-corrected chi connectivity index (χ4v) is 3.51. The molecule has 0 fully saturated rings. The fourth-order valence-electron chi connectivity index (χ4n) is 2.69. The summed E-state index contributed by atoms with van der Waals surface area (Å²) in [4.78, 5) is 8.90. The Morgan fingerprint density at radius 2 is 1.76 bits per heavy atom. The second kappa shape index (κ2) is 9.01. The van der Waals surface area contributed by atoms with Crippen LogP contribution in [-0.4, -0.2) is 38.4 Å². The van der Waals surface area contributed by atoms with Gasteiger partial charge in [-0.25, -0.2) is 4.79 Å². The van der Waals surface area contributed by atoms with Crippen LogP contribution in [0, 0.1) is 0 Å². The standard InChI is InChI=1S/C17H16N4S.C2HF3O2/c1-3-7-14-12(5-1)16(20-19-14)11-18-10-9-15-13-6-2-4-8-17(13)22-21-15;3-2(4,5)1(6)7/h1-8,18H,9-11H2,(H,19,20);(H,6,7). The highest BCUT2D eigenvalue weighted by atomic mass is 32.1. The predicted molar refractivity (Wildman–Crippen MR) is 105 cm³/mol. The first-order valence-electron chi connectivity index (χ1n) is 8.62. The first-order valence-corrected chi connectivity index (χ1v) is 9.39. The average molecular weight is 422 g/mol. The van der Waals surface area contributed by atoms with E-state index in [9.17, 15) is 13.2 Å². The van der Waals surface area contributed by atoms with Crippen molar-refractivity contribution in [3.63, 3.8) is 0 Å². The molecule has 3 N–H and O–H groups in total. The van der Waals surface area contributed by atoms with Gasteiger partial charge in [-0.15, -0.1) is 0 Å². The number of fused-ring (bicyclic) bond motifs is 2. The average Bonchev–Trinajstić information content (AvgIpc) is 3.29. The van der Waals surface area contributed by atoms with Gasteiger partial charge in [0.1, 0.15) is 0 Å². The number of hydrogen-bond donors (Lipinski definition) is 3. The maximum absolute atomic E-state index is 10.6. The number of alkyl halides is 3. The number of aromatic nitrogens is 3. The Kier molecular flexibility index (Phi) is 6.45. The number of carbonyl (C=O) groups is 1. The van der Waals surface area contributed by atoms with Crippen molar-refractivity contribution >= 4 is 38.5 Å². The number of rotatable bonds is 5. The number of aliphatic carboxylic acids is 1. The molecule has 4 rings (SSSR count). The normalized spacial score (nSPS) is 11.4. The molecule has 2 aromatic heterocycles. The molecule has 0 unspecified atom stereocenters. The summed E-state index contributed by atoms with van der Waals surface area (Å²) < 4.78 is 37.6. The first kappa shape index (κ1) is 20.7. The van der Waals surface area contributed by atoms with Gasteiger partial charge in [0.15, 0.2) is 0 Å². The minimum absolute atomic E-state index is 0.794. The molecule has 2 aromatic carbocycles.